The molecule has 2 N–H and O–H groups in total. The zero-order valence-electron chi connectivity index (χ0n) is 17.1. The molecule has 2 aromatic carbocycles. The number of carbonyl (C=O) groups excluding carboxylic acids is 1. The van der Waals surface area contributed by atoms with Crippen LogP contribution in [-0.2, 0) is 14.8 Å². The predicted octanol–water partition coefficient (Wildman–Crippen LogP) is 3.85. The summed E-state index contributed by atoms with van der Waals surface area (Å²) in [6.45, 7) is 3.47. The number of nitrogens with one attached hydrogen (secondary N) is 2. The van der Waals surface area contributed by atoms with Crippen LogP contribution in [0.15, 0.2) is 75.3 Å². The molecule has 4 aromatic rings. The van der Waals surface area contributed by atoms with Crippen LogP contribution in [0.25, 0.3) is 11.1 Å². The number of sulfonamides is 1. The van der Waals surface area contributed by atoms with Crippen molar-refractivity contribution in [2.75, 3.05) is 10.0 Å². The number of anilines is 2. The second-order valence-electron chi connectivity index (χ2n) is 6.85. The van der Waals surface area contributed by atoms with Gasteiger partial charge < -0.3 is 9.73 Å². The third-order valence-electron chi connectivity index (χ3n) is 4.37. The lowest BCUT2D eigenvalue weighted by atomic mass is 10.3. The van der Waals surface area contributed by atoms with Gasteiger partial charge in [-0.2, -0.15) is 0 Å². The van der Waals surface area contributed by atoms with E-state index in [4.69, 9.17) is 4.42 Å². The Balaban J connectivity index is 1.39. The molecular formula is C21H19N5O4S2. The van der Waals surface area contributed by atoms with E-state index in [-0.39, 0.29) is 16.8 Å². The van der Waals surface area contributed by atoms with Gasteiger partial charge in [-0.15, -0.1) is 0 Å². The molecule has 9 nitrogen and oxygen atoms in total. The first-order valence-electron chi connectivity index (χ1n) is 9.56. The SMILES string of the molecule is Cc1ccnc(NS(=O)(=O)c2ccc(NC(=O)C(C)Sc3nc4ccccc4o3)cc2)n1. The average molecular weight is 470 g/mol. The van der Waals surface area contributed by atoms with Crippen LogP contribution in [0.1, 0.15) is 12.6 Å². The lowest BCUT2D eigenvalue weighted by Crippen LogP contribution is -2.22. The van der Waals surface area contributed by atoms with Gasteiger partial charge in [0.2, 0.25) is 11.9 Å². The van der Waals surface area contributed by atoms with Gasteiger partial charge in [0.25, 0.3) is 15.2 Å². The number of para-hydroxylation sites is 2. The van der Waals surface area contributed by atoms with Crippen LogP contribution in [0.2, 0.25) is 0 Å². The van der Waals surface area contributed by atoms with Crippen molar-refractivity contribution in [2.24, 2.45) is 0 Å². The lowest BCUT2D eigenvalue weighted by molar-refractivity contribution is -0.115. The fourth-order valence-electron chi connectivity index (χ4n) is 2.74. The van der Waals surface area contributed by atoms with Gasteiger partial charge in [0, 0.05) is 17.6 Å². The van der Waals surface area contributed by atoms with E-state index in [0.29, 0.717) is 22.2 Å². The Morgan fingerprint density at radius 1 is 1.06 bits per heavy atom. The molecule has 0 aliphatic carbocycles. The summed E-state index contributed by atoms with van der Waals surface area (Å²) in [6, 6.07) is 14.8. The zero-order chi connectivity index (χ0) is 22.7. The fraction of sp³-hybridized carbons (Fsp3) is 0.143. The van der Waals surface area contributed by atoms with Crippen LogP contribution < -0.4 is 10.0 Å². The summed E-state index contributed by atoms with van der Waals surface area (Å²) in [7, 11) is -3.86. The molecule has 0 aliphatic rings. The number of amides is 1. The van der Waals surface area contributed by atoms with Crippen molar-refractivity contribution in [3.63, 3.8) is 0 Å². The van der Waals surface area contributed by atoms with Crippen molar-refractivity contribution in [1.82, 2.24) is 15.0 Å². The van der Waals surface area contributed by atoms with Crippen molar-refractivity contribution in [3.8, 4) is 0 Å². The molecule has 0 saturated carbocycles. The normalized spacial score (nSPS) is 12.4. The van der Waals surface area contributed by atoms with E-state index in [1.807, 2.05) is 24.3 Å². The molecule has 0 fully saturated rings. The molecule has 2 aromatic heterocycles. The maximum Gasteiger partial charge on any atom is 0.264 e. The van der Waals surface area contributed by atoms with Crippen molar-refractivity contribution in [3.05, 3.63) is 66.5 Å². The maximum absolute atomic E-state index is 12.5. The molecule has 1 unspecified atom stereocenters. The van der Waals surface area contributed by atoms with E-state index in [1.54, 1.807) is 19.9 Å². The molecule has 0 aliphatic heterocycles. The summed E-state index contributed by atoms with van der Waals surface area (Å²) in [5.41, 5.74) is 2.49. The monoisotopic (exact) mass is 469 g/mol. The van der Waals surface area contributed by atoms with E-state index in [1.165, 1.54) is 42.2 Å². The topological polar surface area (TPSA) is 127 Å². The van der Waals surface area contributed by atoms with E-state index in [0.717, 1.165) is 5.52 Å². The predicted molar refractivity (Wildman–Crippen MR) is 122 cm³/mol. The van der Waals surface area contributed by atoms with E-state index in [2.05, 4.69) is 25.0 Å². The highest BCUT2D eigenvalue weighted by atomic mass is 32.2. The molecule has 0 spiro atoms. The quantitative estimate of drug-likeness (QED) is 0.391. The Morgan fingerprint density at radius 2 is 1.81 bits per heavy atom. The highest BCUT2D eigenvalue weighted by Crippen LogP contribution is 2.27. The molecule has 4 rings (SSSR count). The van der Waals surface area contributed by atoms with Crippen LogP contribution in [0.4, 0.5) is 11.6 Å². The Hall–Kier alpha value is -3.44. The van der Waals surface area contributed by atoms with Gasteiger partial charge in [0.1, 0.15) is 5.52 Å². The Labute approximate surface area is 188 Å². The standard InChI is InChI=1S/C21H19N5O4S2/c1-13-11-12-22-20(23-13)26-32(28,29)16-9-7-15(8-10-16)24-19(27)14(2)31-21-25-17-5-3-4-6-18(17)30-21/h3-12,14H,1-2H3,(H,24,27)(H,22,23,26). The summed E-state index contributed by atoms with van der Waals surface area (Å²) in [5, 5.41) is 2.68. The molecule has 32 heavy (non-hydrogen) atoms. The van der Waals surface area contributed by atoms with Crippen LogP contribution in [0.3, 0.4) is 0 Å². The van der Waals surface area contributed by atoms with Crippen molar-refractivity contribution in [2.45, 2.75) is 29.2 Å². The second kappa shape index (κ2) is 8.97. The molecule has 0 radical (unpaired) electrons. The van der Waals surface area contributed by atoms with Gasteiger partial charge >= 0.3 is 0 Å². The number of rotatable bonds is 7. The molecule has 1 atom stereocenters. The van der Waals surface area contributed by atoms with Gasteiger partial charge in [-0.1, -0.05) is 23.9 Å². The summed E-state index contributed by atoms with van der Waals surface area (Å²) in [5.74, 6) is -0.272. The smallest absolute Gasteiger partial charge is 0.264 e. The molecule has 11 heteroatoms. The number of aromatic nitrogens is 3. The van der Waals surface area contributed by atoms with E-state index < -0.39 is 15.3 Å². The highest BCUT2D eigenvalue weighted by Gasteiger charge is 2.19. The minimum atomic E-state index is -3.86. The molecule has 0 bridgehead atoms. The largest absolute Gasteiger partial charge is 0.431 e. The first-order chi connectivity index (χ1) is 15.3. The third-order valence-corrected chi connectivity index (χ3v) is 6.66. The Morgan fingerprint density at radius 3 is 2.53 bits per heavy atom. The van der Waals surface area contributed by atoms with Gasteiger partial charge in [-0.05, 0) is 56.3 Å². The molecule has 2 heterocycles. The van der Waals surface area contributed by atoms with Gasteiger partial charge in [0.05, 0.1) is 10.1 Å². The first-order valence-corrected chi connectivity index (χ1v) is 11.9. The maximum atomic E-state index is 12.5. The number of nitrogens with zero attached hydrogens (tertiary/aromatic N) is 3. The molecule has 1 amide bonds. The number of fused-ring (bicyclic) bond motifs is 1. The number of thioether (sulfide) groups is 1. The van der Waals surface area contributed by atoms with Gasteiger partial charge in [-0.3, -0.25) is 4.79 Å². The van der Waals surface area contributed by atoms with Crippen molar-refractivity contribution >= 4 is 50.4 Å². The Kier molecular flexibility index (Phi) is 6.10. The highest BCUT2D eigenvalue weighted by molar-refractivity contribution is 8.00. The van der Waals surface area contributed by atoms with Crippen LogP contribution in [-0.4, -0.2) is 34.5 Å². The van der Waals surface area contributed by atoms with E-state index >= 15 is 0 Å². The van der Waals surface area contributed by atoms with Crippen molar-refractivity contribution in [1.29, 1.82) is 0 Å². The molecule has 0 saturated heterocycles. The van der Waals surface area contributed by atoms with Gasteiger partial charge in [-0.25, -0.2) is 28.1 Å². The minimum absolute atomic E-state index is 0.00701. The first kappa shape index (κ1) is 21.8. The second-order valence-corrected chi connectivity index (χ2v) is 9.82. The van der Waals surface area contributed by atoms with Gasteiger partial charge in [0.15, 0.2) is 5.58 Å². The number of benzene rings is 2. The summed E-state index contributed by atoms with van der Waals surface area (Å²) in [4.78, 5) is 24.9. The summed E-state index contributed by atoms with van der Waals surface area (Å²) >= 11 is 1.20. The number of hydrogen-bond acceptors (Lipinski definition) is 8. The number of carbonyl (C=O) groups is 1. The average Bonchev–Trinajstić information content (AvgIpc) is 3.16. The minimum Gasteiger partial charge on any atom is -0.431 e. The summed E-state index contributed by atoms with van der Waals surface area (Å²) < 4.78 is 33.0. The van der Waals surface area contributed by atoms with E-state index in [9.17, 15) is 13.2 Å². The molecular weight excluding hydrogens is 450 g/mol. The van der Waals surface area contributed by atoms with Crippen LogP contribution in [0.5, 0.6) is 0 Å². The third kappa shape index (κ3) is 5.06. The molecule has 164 valence electrons. The van der Waals surface area contributed by atoms with Crippen LogP contribution in [0, 0.1) is 6.92 Å². The zero-order valence-corrected chi connectivity index (χ0v) is 18.8. The summed E-state index contributed by atoms with van der Waals surface area (Å²) in [6.07, 6.45) is 1.47. The number of aryl methyl sites for hydroxylation is 1. The van der Waals surface area contributed by atoms with Crippen molar-refractivity contribution < 1.29 is 17.6 Å². The Bertz CT molecular complexity index is 1340. The number of hydrogen-bond donors (Lipinski definition) is 2. The van der Waals surface area contributed by atoms with Crippen LogP contribution >= 0.6 is 11.8 Å². The lowest BCUT2D eigenvalue weighted by Gasteiger charge is -2.11. The fourth-order valence-corrected chi connectivity index (χ4v) is 4.45. The number of oxazole rings is 1.